The number of aromatic amines is 1. The number of rotatable bonds is 5. The molecule has 1 fully saturated rings. The van der Waals surface area contributed by atoms with Crippen molar-refractivity contribution in [2.75, 3.05) is 18.9 Å². The largest absolute Gasteiger partial charge is 0.494 e. The lowest BCUT2D eigenvalue weighted by molar-refractivity contribution is 0.340. The first-order valence-corrected chi connectivity index (χ1v) is 7.82. The van der Waals surface area contributed by atoms with Gasteiger partial charge in [-0.15, -0.1) is 0 Å². The maximum absolute atomic E-state index is 5.50. The van der Waals surface area contributed by atoms with Crippen LogP contribution in [0.1, 0.15) is 19.8 Å². The fourth-order valence-electron chi connectivity index (χ4n) is 2.37. The Kier molecular flexibility index (Phi) is 3.94. The standard InChI is InChI=1S/C14H19N3OS/c1-2-18-11-5-6-12-13(8-11)17-14(16-12)19-9-10-4-3-7-15-10/h5-6,8,10,15H,2-4,7,9H2,1H3,(H,16,17)/t10-/m0/s1. The maximum Gasteiger partial charge on any atom is 0.166 e. The molecule has 0 spiro atoms. The molecule has 1 aliphatic heterocycles. The zero-order valence-electron chi connectivity index (χ0n) is 11.1. The monoisotopic (exact) mass is 277 g/mol. The van der Waals surface area contributed by atoms with Crippen LogP contribution >= 0.6 is 11.8 Å². The Morgan fingerprint density at radius 2 is 2.42 bits per heavy atom. The lowest BCUT2D eigenvalue weighted by Gasteiger charge is -2.06. The third kappa shape index (κ3) is 3.04. The molecule has 0 amide bonds. The van der Waals surface area contributed by atoms with Gasteiger partial charge in [-0.25, -0.2) is 4.98 Å². The van der Waals surface area contributed by atoms with Crippen molar-refractivity contribution in [2.24, 2.45) is 0 Å². The lowest BCUT2D eigenvalue weighted by atomic mass is 10.3. The molecule has 2 heterocycles. The van der Waals surface area contributed by atoms with Crippen molar-refractivity contribution in [2.45, 2.75) is 31.0 Å². The minimum atomic E-state index is 0.636. The molecule has 5 heteroatoms. The van der Waals surface area contributed by atoms with E-state index in [9.17, 15) is 0 Å². The number of nitrogens with one attached hydrogen (secondary N) is 2. The first-order chi connectivity index (χ1) is 9.35. The Labute approximate surface area is 117 Å². The SMILES string of the molecule is CCOc1ccc2nc(SC[C@@H]3CCCN3)[nH]c2c1. The number of H-pyrrole nitrogens is 1. The van der Waals surface area contributed by atoms with Crippen LogP contribution in [-0.2, 0) is 0 Å². The van der Waals surface area contributed by atoms with Crippen LogP contribution in [0.5, 0.6) is 5.75 Å². The second kappa shape index (κ2) is 5.84. The molecule has 102 valence electrons. The number of benzene rings is 1. The highest BCUT2D eigenvalue weighted by molar-refractivity contribution is 7.99. The fraction of sp³-hybridized carbons (Fsp3) is 0.500. The predicted octanol–water partition coefficient (Wildman–Crippen LogP) is 2.81. The minimum Gasteiger partial charge on any atom is -0.494 e. The van der Waals surface area contributed by atoms with Gasteiger partial charge < -0.3 is 15.0 Å². The van der Waals surface area contributed by atoms with Gasteiger partial charge >= 0.3 is 0 Å². The molecule has 1 aliphatic rings. The number of nitrogens with zero attached hydrogens (tertiary/aromatic N) is 1. The summed E-state index contributed by atoms with van der Waals surface area (Å²) in [5, 5.41) is 4.50. The molecule has 2 aromatic rings. The van der Waals surface area contributed by atoms with Gasteiger partial charge in [0.1, 0.15) is 5.75 Å². The number of ether oxygens (including phenoxy) is 1. The average molecular weight is 277 g/mol. The number of thioether (sulfide) groups is 1. The predicted molar refractivity (Wildman–Crippen MR) is 79.0 cm³/mol. The fourth-order valence-corrected chi connectivity index (χ4v) is 3.36. The molecule has 4 nitrogen and oxygen atoms in total. The molecule has 0 bridgehead atoms. The lowest BCUT2D eigenvalue weighted by Crippen LogP contribution is -2.23. The molecule has 0 unspecified atom stereocenters. The highest BCUT2D eigenvalue weighted by atomic mass is 32.2. The highest BCUT2D eigenvalue weighted by Gasteiger charge is 2.15. The maximum atomic E-state index is 5.50. The van der Waals surface area contributed by atoms with Crippen LogP contribution in [0.3, 0.4) is 0 Å². The van der Waals surface area contributed by atoms with Gasteiger partial charge in [-0.1, -0.05) is 11.8 Å². The molecule has 0 aliphatic carbocycles. The van der Waals surface area contributed by atoms with Crippen molar-refractivity contribution in [1.29, 1.82) is 0 Å². The number of fused-ring (bicyclic) bond motifs is 1. The normalized spacial score (nSPS) is 19.1. The second-order valence-corrected chi connectivity index (χ2v) is 5.77. The molecule has 1 aromatic carbocycles. The molecule has 1 atom stereocenters. The van der Waals surface area contributed by atoms with Crippen molar-refractivity contribution in [3.63, 3.8) is 0 Å². The topological polar surface area (TPSA) is 49.9 Å². The first kappa shape index (κ1) is 12.8. The molecular formula is C14H19N3OS. The molecule has 1 saturated heterocycles. The van der Waals surface area contributed by atoms with E-state index in [2.05, 4.69) is 15.3 Å². The van der Waals surface area contributed by atoms with Gasteiger partial charge in [-0.2, -0.15) is 0 Å². The Balaban J connectivity index is 1.69. The number of hydrogen-bond donors (Lipinski definition) is 2. The van der Waals surface area contributed by atoms with Crippen molar-refractivity contribution >= 4 is 22.8 Å². The van der Waals surface area contributed by atoms with Gasteiger partial charge in [0.25, 0.3) is 0 Å². The van der Waals surface area contributed by atoms with Crippen molar-refractivity contribution in [1.82, 2.24) is 15.3 Å². The Hall–Kier alpha value is -1.20. The molecule has 3 rings (SSSR count). The number of aromatic nitrogens is 2. The number of imidazole rings is 1. The summed E-state index contributed by atoms with van der Waals surface area (Å²) in [5.74, 6) is 1.98. The molecule has 1 aromatic heterocycles. The summed E-state index contributed by atoms with van der Waals surface area (Å²) in [4.78, 5) is 7.96. The molecule has 0 radical (unpaired) electrons. The van der Waals surface area contributed by atoms with Crippen LogP contribution in [0.4, 0.5) is 0 Å². The summed E-state index contributed by atoms with van der Waals surface area (Å²) in [6.07, 6.45) is 2.57. The smallest absolute Gasteiger partial charge is 0.166 e. The van der Waals surface area contributed by atoms with E-state index in [1.165, 1.54) is 12.8 Å². The van der Waals surface area contributed by atoms with E-state index < -0.39 is 0 Å². The van der Waals surface area contributed by atoms with Crippen molar-refractivity contribution in [3.8, 4) is 5.75 Å². The van der Waals surface area contributed by atoms with E-state index in [-0.39, 0.29) is 0 Å². The molecule has 0 saturated carbocycles. The van der Waals surface area contributed by atoms with E-state index >= 15 is 0 Å². The van der Waals surface area contributed by atoms with Gasteiger partial charge in [0.15, 0.2) is 5.16 Å². The van der Waals surface area contributed by atoms with Gasteiger partial charge in [0.05, 0.1) is 17.6 Å². The van der Waals surface area contributed by atoms with Crippen molar-refractivity contribution < 1.29 is 4.74 Å². The van der Waals surface area contributed by atoms with E-state index in [0.29, 0.717) is 12.6 Å². The van der Waals surface area contributed by atoms with Crippen molar-refractivity contribution in [3.05, 3.63) is 18.2 Å². The Morgan fingerprint density at radius 1 is 1.47 bits per heavy atom. The van der Waals surface area contributed by atoms with Crippen LogP contribution in [0, 0.1) is 0 Å². The summed E-state index contributed by atoms with van der Waals surface area (Å²) < 4.78 is 5.50. The van der Waals surface area contributed by atoms with Gasteiger partial charge in [-0.05, 0) is 38.4 Å². The van der Waals surface area contributed by atoms with E-state index in [1.807, 2.05) is 25.1 Å². The number of hydrogen-bond acceptors (Lipinski definition) is 4. The van der Waals surface area contributed by atoms with Gasteiger partial charge in [-0.3, -0.25) is 0 Å². The van der Waals surface area contributed by atoms with Crippen LogP contribution < -0.4 is 10.1 Å². The quantitative estimate of drug-likeness (QED) is 0.825. The van der Waals surface area contributed by atoms with E-state index in [4.69, 9.17) is 4.74 Å². The highest BCUT2D eigenvalue weighted by Crippen LogP contribution is 2.24. The summed E-state index contributed by atoms with van der Waals surface area (Å²) in [6.45, 7) is 3.84. The van der Waals surface area contributed by atoms with Crippen LogP contribution in [0.15, 0.2) is 23.4 Å². The summed E-state index contributed by atoms with van der Waals surface area (Å²) >= 11 is 1.79. The van der Waals surface area contributed by atoms with E-state index in [0.717, 1.165) is 34.2 Å². The summed E-state index contributed by atoms with van der Waals surface area (Å²) in [6, 6.07) is 6.63. The Morgan fingerprint density at radius 3 is 3.21 bits per heavy atom. The zero-order valence-corrected chi connectivity index (χ0v) is 11.9. The average Bonchev–Trinajstić information content (AvgIpc) is 3.05. The third-order valence-electron chi connectivity index (χ3n) is 3.33. The van der Waals surface area contributed by atoms with Gasteiger partial charge in [0.2, 0.25) is 0 Å². The zero-order chi connectivity index (χ0) is 13.1. The Bertz CT molecular complexity index is 549. The van der Waals surface area contributed by atoms with Gasteiger partial charge in [0, 0.05) is 17.9 Å². The van der Waals surface area contributed by atoms with Crippen LogP contribution in [0.2, 0.25) is 0 Å². The summed E-state index contributed by atoms with van der Waals surface area (Å²) in [5.41, 5.74) is 2.05. The molecule has 19 heavy (non-hydrogen) atoms. The first-order valence-electron chi connectivity index (χ1n) is 6.84. The molecular weight excluding hydrogens is 258 g/mol. The second-order valence-electron chi connectivity index (χ2n) is 4.76. The minimum absolute atomic E-state index is 0.636. The molecule has 2 N–H and O–H groups in total. The van der Waals surface area contributed by atoms with E-state index in [1.54, 1.807) is 11.8 Å². The summed E-state index contributed by atoms with van der Waals surface area (Å²) in [7, 11) is 0. The third-order valence-corrected chi connectivity index (χ3v) is 4.36. The van der Waals surface area contributed by atoms with Crippen LogP contribution in [-0.4, -0.2) is 34.9 Å². The van der Waals surface area contributed by atoms with Crippen LogP contribution in [0.25, 0.3) is 11.0 Å².